The van der Waals surface area contributed by atoms with E-state index in [-0.39, 0.29) is 11.8 Å². The summed E-state index contributed by atoms with van der Waals surface area (Å²) in [5.74, 6) is 1.06. The minimum absolute atomic E-state index is 0.200. The molecule has 6 heteroatoms. The number of hydrogen-bond acceptors (Lipinski definition) is 4. The van der Waals surface area contributed by atoms with Crippen LogP contribution in [0.15, 0.2) is 28.7 Å². The topological polar surface area (TPSA) is 55.4 Å². The molecule has 2 rings (SSSR count). The van der Waals surface area contributed by atoms with Gasteiger partial charge >= 0.3 is 0 Å². The van der Waals surface area contributed by atoms with Crippen LogP contribution in [-0.4, -0.2) is 46.7 Å². The van der Waals surface area contributed by atoms with E-state index in [4.69, 9.17) is 4.74 Å². The third-order valence-electron chi connectivity index (χ3n) is 3.98. The normalized spacial score (nSPS) is 22.3. The van der Waals surface area contributed by atoms with Crippen molar-refractivity contribution in [1.29, 1.82) is 0 Å². The van der Waals surface area contributed by atoms with E-state index in [0.717, 1.165) is 24.0 Å². The first-order valence-corrected chi connectivity index (χ1v) is 9.79. The van der Waals surface area contributed by atoms with Gasteiger partial charge in [-0.05, 0) is 30.0 Å². The molecule has 1 fully saturated rings. The van der Waals surface area contributed by atoms with Crippen LogP contribution in [0, 0.1) is 5.92 Å². The van der Waals surface area contributed by atoms with E-state index in [2.05, 4.69) is 33.4 Å². The molecule has 1 aliphatic heterocycles. The van der Waals surface area contributed by atoms with Crippen molar-refractivity contribution in [2.45, 2.75) is 12.3 Å². The third kappa shape index (κ3) is 5.06. The van der Waals surface area contributed by atoms with Crippen LogP contribution in [-0.2, 0) is 14.6 Å². The van der Waals surface area contributed by atoms with Crippen molar-refractivity contribution in [2.75, 3.05) is 38.3 Å². The Labute approximate surface area is 135 Å². The van der Waals surface area contributed by atoms with Gasteiger partial charge < -0.3 is 10.1 Å². The minimum atomic E-state index is -2.85. The van der Waals surface area contributed by atoms with E-state index >= 15 is 0 Å². The van der Waals surface area contributed by atoms with Gasteiger partial charge in [0.15, 0.2) is 9.84 Å². The van der Waals surface area contributed by atoms with Crippen LogP contribution in [0.2, 0.25) is 0 Å². The number of benzene rings is 1. The molecule has 118 valence electrons. The first kappa shape index (κ1) is 16.9. The van der Waals surface area contributed by atoms with E-state index in [0.29, 0.717) is 18.1 Å². The Kier molecular flexibility index (Phi) is 6.22. The van der Waals surface area contributed by atoms with E-state index in [1.165, 1.54) is 5.56 Å². The highest BCUT2D eigenvalue weighted by molar-refractivity contribution is 9.10. The van der Waals surface area contributed by atoms with Crippen LogP contribution in [0.4, 0.5) is 0 Å². The summed E-state index contributed by atoms with van der Waals surface area (Å²) in [4.78, 5) is 0. The molecular formula is C15H22BrNO3S. The van der Waals surface area contributed by atoms with Gasteiger partial charge in [-0.1, -0.05) is 28.1 Å². The second-order valence-corrected chi connectivity index (χ2v) is 8.66. The van der Waals surface area contributed by atoms with Crippen molar-refractivity contribution in [2.24, 2.45) is 5.92 Å². The van der Waals surface area contributed by atoms with Crippen LogP contribution in [0.3, 0.4) is 0 Å². The summed E-state index contributed by atoms with van der Waals surface area (Å²) in [6.45, 7) is 2.23. The summed E-state index contributed by atoms with van der Waals surface area (Å²) in [5, 5.41) is 3.37. The number of halogens is 1. The maximum atomic E-state index is 11.8. The van der Waals surface area contributed by atoms with Crippen LogP contribution in [0.25, 0.3) is 0 Å². The number of nitrogens with one attached hydrogen (secondary N) is 1. The lowest BCUT2D eigenvalue weighted by atomic mass is 9.85. The number of rotatable bonds is 7. The van der Waals surface area contributed by atoms with Gasteiger partial charge in [-0.2, -0.15) is 0 Å². The highest BCUT2D eigenvalue weighted by Gasteiger charge is 2.34. The molecule has 2 unspecified atom stereocenters. The highest BCUT2D eigenvalue weighted by atomic mass is 79.9. The lowest BCUT2D eigenvalue weighted by Crippen LogP contribution is -2.29. The fourth-order valence-corrected chi connectivity index (χ4v) is 4.98. The maximum Gasteiger partial charge on any atom is 0.150 e. The number of sulfone groups is 1. The molecule has 0 saturated carbocycles. The molecule has 0 radical (unpaired) electrons. The predicted octanol–water partition coefficient (Wildman–Crippen LogP) is 2.20. The van der Waals surface area contributed by atoms with Crippen molar-refractivity contribution >= 4 is 25.8 Å². The Morgan fingerprint density at radius 3 is 2.67 bits per heavy atom. The van der Waals surface area contributed by atoms with Gasteiger partial charge in [-0.3, -0.25) is 0 Å². The maximum absolute atomic E-state index is 11.8. The molecule has 4 nitrogen and oxygen atoms in total. The van der Waals surface area contributed by atoms with Crippen LogP contribution < -0.4 is 5.32 Å². The zero-order valence-electron chi connectivity index (χ0n) is 12.2. The average molecular weight is 376 g/mol. The molecule has 2 atom stereocenters. The van der Waals surface area contributed by atoms with Crippen molar-refractivity contribution in [3.05, 3.63) is 34.3 Å². The number of methoxy groups -OCH3 is 1. The number of ether oxygens (including phenoxy) is 1. The second kappa shape index (κ2) is 7.72. The first-order valence-electron chi connectivity index (χ1n) is 7.17. The molecular weight excluding hydrogens is 354 g/mol. The Hall–Kier alpha value is -0.430. The van der Waals surface area contributed by atoms with Crippen LogP contribution in [0.5, 0.6) is 0 Å². The third-order valence-corrected chi connectivity index (χ3v) is 6.30. The molecule has 1 heterocycles. The smallest absolute Gasteiger partial charge is 0.150 e. The monoisotopic (exact) mass is 375 g/mol. The quantitative estimate of drug-likeness (QED) is 0.742. The second-order valence-electron chi connectivity index (χ2n) is 5.52. The highest BCUT2D eigenvalue weighted by Crippen LogP contribution is 2.33. The van der Waals surface area contributed by atoms with Crippen molar-refractivity contribution in [1.82, 2.24) is 5.32 Å². The summed E-state index contributed by atoms with van der Waals surface area (Å²) in [6.07, 6.45) is 0.759. The largest absolute Gasteiger partial charge is 0.383 e. The summed E-state index contributed by atoms with van der Waals surface area (Å²) in [5.41, 5.74) is 1.20. The molecule has 1 N–H and O–H groups in total. The molecule has 0 aromatic heterocycles. The molecule has 1 saturated heterocycles. The summed E-state index contributed by atoms with van der Waals surface area (Å²) >= 11 is 3.44. The van der Waals surface area contributed by atoms with Gasteiger partial charge in [0, 0.05) is 30.6 Å². The van der Waals surface area contributed by atoms with Crippen LogP contribution in [0.1, 0.15) is 17.9 Å². The molecule has 0 spiro atoms. The van der Waals surface area contributed by atoms with Crippen molar-refractivity contribution in [3.63, 3.8) is 0 Å². The first-order chi connectivity index (χ1) is 10.0. The molecule has 1 aromatic carbocycles. The average Bonchev–Trinajstić information content (AvgIpc) is 2.80. The van der Waals surface area contributed by atoms with Gasteiger partial charge in [-0.25, -0.2) is 8.42 Å². The summed E-state index contributed by atoms with van der Waals surface area (Å²) < 4.78 is 29.6. The zero-order chi connectivity index (χ0) is 15.3. The standard InChI is InChI=1S/C15H22BrNO3S/c1-20-8-7-17-10-15(12-2-4-14(16)5-3-12)13-6-9-21(18,19)11-13/h2-5,13,15,17H,6-11H2,1H3. The van der Waals surface area contributed by atoms with Gasteiger partial charge in [-0.15, -0.1) is 0 Å². The van der Waals surface area contributed by atoms with Gasteiger partial charge in [0.2, 0.25) is 0 Å². The van der Waals surface area contributed by atoms with Gasteiger partial charge in [0.25, 0.3) is 0 Å². The van der Waals surface area contributed by atoms with E-state index in [1.807, 2.05) is 12.1 Å². The molecule has 21 heavy (non-hydrogen) atoms. The van der Waals surface area contributed by atoms with Gasteiger partial charge in [0.05, 0.1) is 18.1 Å². The SMILES string of the molecule is COCCNCC(c1ccc(Br)cc1)C1CCS(=O)(=O)C1. The molecule has 1 aromatic rings. The predicted molar refractivity (Wildman–Crippen MR) is 88.4 cm³/mol. The number of hydrogen-bond donors (Lipinski definition) is 1. The minimum Gasteiger partial charge on any atom is -0.383 e. The van der Waals surface area contributed by atoms with E-state index in [1.54, 1.807) is 7.11 Å². The fraction of sp³-hybridized carbons (Fsp3) is 0.600. The Morgan fingerprint density at radius 1 is 1.38 bits per heavy atom. The summed E-state index contributed by atoms with van der Waals surface area (Å²) in [7, 11) is -1.18. The molecule has 1 aliphatic rings. The molecule has 0 bridgehead atoms. The Bertz CT molecular complexity index is 545. The lowest BCUT2D eigenvalue weighted by molar-refractivity contribution is 0.198. The fourth-order valence-electron chi connectivity index (χ4n) is 2.84. The van der Waals surface area contributed by atoms with Crippen molar-refractivity contribution < 1.29 is 13.2 Å². The Morgan fingerprint density at radius 2 is 2.10 bits per heavy atom. The lowest BCUT2D eigenvalue weighted by Gasteiger charge is -2.23. The van der Waals surface area contributed by atoms with E-state index in [9.17, 15) is 8.42 Å². The Balaban J connectivity index is 2.08. The van der Waals surface area contributed by atoms with Gasteiger partial charge in [0.1, 0.15) is 0 Å². The van der Waals surface area contributed by atoms with E-state index < -0.39 is 9.84 Å². The van der Waals surface area contributed by atoms with Crippen molar-refractivity contribution in [3.8, 4) is 0 Å². The molecule has 0 amide bonds. The van der Waals surface area contributed by atoms with Crippen LogP contribution >= 0.6 is 15.9 Å². The summed E-state index contributed by atoms with van der Waals surface area (Å²) in [6, 6.07) is 8.19. The molecule has 0 aliphatic carbocycles. The zero-order valence-corrected chi connectivity index (χ0v) is 14.6.